The molecule has 0 saturated carbocycles. The average Bonchev–Trinajstić information content (AvgIpc) is 2.90. The molecule has 5 heteroatoms. The van der Waals surface area contributed by atoms with Gasteiger partial charge in [0, 0.05) is 17.7 Å². The summed E-state index contributed by atoms with van der Waals surface area (Å²) >= 11 is 0. The second-order valence-corrected chi connectivity index (χ2v) is 4.83. The summed E-state index contributed by atoms with van der Waals surface area (Å²) in [6.07, 6.45) is 1.36. The number of carbonyl (C=O) groups excluding carboxylic acids is 1. The van der Waals surface area contributed by atoms with E-state index in [1.165, 1.54) is 0 Å². The van der Waals surface area contributed by atoms with Crippen LogP contribution in [0.15, 0.2) is 48.8 Å². The smallest absolute Gasteiger partial charge is 0.155 e. The molecule has 2 aromatic carbocycles. The van der Waals surface area contributed by atoms with Crippen molar-refractivity contribution in [3.63, 3.8) is 0 Å². The van der Waals surface area contributed by atoms with E-state index in [2.05, 4.69) is 4.98 Å². The molecule has 3 rings (SSSR count). The second kappa shape index (κ2) is 5.47. The van der Waals surface area contributed by atoms with E-state index in [9.17, 15) is 4.79 Å². The number of rotatable bonds is 4. The quantitative estimate of drug-likeness (QED) is 0.564. The Hall–Kier alpha value is -2.50. The van der Waals surface area contributed by atoms with Crippen molar-refractivity contribution in [1.29, 1.82) is 0 Å². The fraction of sp³-hybridized carbons (Fsp3) is 0.125. The number of hydrogen-bond donors (Lipinski definition) is 2. The fourth-order valence-corrected chi connectivity index (χ4v) is 2.31. The Morgan fingerprint density at radius 3 is 2.57 bits per heavy atom. The van der Waals surface area contributed by atoms with Crippen molar-refractivity contribution < 1.29 is 15.0 Å². The highest BCUT2D eigenvalue weighted by atomic mass is 16.5. The van der Waals surface area contributed by atoms with Crippen molar-refractivity contribution in [3.8, 4) is 5.69 Å². The van der Waals surface area contributed by atoms with Gasteiger partial charge in [0.2, 0.25) is 0 Å². The molecular formula is C16H14N2O3. The highest BCUT2D eigenvalue weighted by Gasteiger charge is 2.06. The number of aromatic nitrogens is 2. The van der Waals surface area contributed by atoms with E-state index in [-0.39, 0.29) is 6.42 Å². The molecule has 3 aromatic rings. The van der Waals surface area contributed by atoms with Crippen molar-refractivity contribution in [2.75, 3.05) is 0 Å². The van der Waals surface area contributed by atoms with Crippen molar-refractivity contribution in [2.45, 2.75) is 12.7 Å². The van der Waals surface area contributed by atoms with Gasteiger partial charge in [0.15, 0.2) is 6.29 Å². The van der Waals surface area contributed by atoms with Crippen LogP contribution in [0, 0.1) is 0 Å². The second-order valence-electron chi connectivity index (χ2n) is 4.83. The average molecular weight is 282 g/mol. The summed E-state index contributed by atoms with van der Waals surface area (Å²) in [4.78, 5) is 15.1. The van der Waals surface area contributed by atoms with Crippen molar-refractivity contribution in [1.82, 2.24) is 9.55 Å². The van der Waals surface area contributed by atoms with Crippen LogP contribution < -0.4 is 0 Å². The first kappa shape index (κ1) is 13.5. The zero-order valence-electron chi connectivity index (χ0n) is 11.2. The van der Waals surface area contributed by atoms with Crippen LogP contribution >= 0.6 is 0 Å². The van der Waals surface area contributed by atoms with Crippen molar-refractivity contribution >= 4 is 17.3 Å². The Morgan fingerprint density at radius 1 is 1.14 bits per heavy atom. The lowest BCUT2D eigenvalue weighted by atomic mass is 10.1. The molecule has 0 spiro atoms. The standard InChI is InChI=1S/C16H14N2O3/c19-9-12-3-6-15-14(7-12)17-10-18(15)13-4-1-11(2-5-13)8-16(20)21/h1-7,9-10,16,20-21H,8H2. The summed E-state index contributed by atoms with van der Waals surface area (Å²) in [6, 6.07) is 12.8. The maximum absolute atomic E-state index is 10.8. The minimum Gasteiger partial charge on any atom is -0.368 e. The SMILES string of the molecule is O=Cc1ccc2c(c1)ncn2-c1ccc(CC(O)O)cc1. The van der Waals surface area contributed by atoms with E-state index in [1.54, 1.807) is 18.5 Å². The zero-order chi connectivity index (χ0) is 14.8. The van der Waals surface area contributed by atoms with Gasteiger partial charge in [-0.05, 0) is 35.9 Å². The monoisotopic (exact) mass is 282 g/mol. The highest BCUT2D eigenvalue weighted by molar-refractivity contribution is 5.85. The molecule has 0 bridgehead atoms. The lowest BCUT2D eigenvalue weighted by molar-refractivity contribution is -0.0381. The van der Waals surface area contributed by atoms with Gasteiger partial charge in [-0.1, -0.05) is 12.1 Å². The molecule has 0 aliphatic heterocycles. The third-order valence-corrected chi connectivity index (χ3v) is 3.34. The molecule has 0 aliphatic rings. The first-order chi connectivity index (χ1) is 10.2. The summed E-state index contributed by atoms with van der Waals surface area (Å²) in [5.41, 5.74) is 4.04. The summed E-state index contributed by atoms with van der Waals surface area (Å²) < 4.78 is 1.92. The summed E-state index contributed by atoms with van der Waals surface area (Å²) in [6.45, 7) is 0. The van der Waals surface area contributed by atoms with Gasteiger partial charge in [-0.25, -0.2) is 4.98 Å². The predicted molar refractivity (Wildman–Crippen MR) is 78.4 cm³/mol. The van der Waals surface area contributed by atoms with Crippen LogP contribution in [-0.2, 0) is 6.42 Å². The Labute approximate surface area is 121 Å². The summed E-state index contributed by atoms with van der Waals surface area (Å²) in [5, 5.41) is 17.9. The Kier molecular flexibility index (Phi) is 3.51. The first-order valence-corrected chi connectivity index (χ1v) is 6.55. The van der Waals surface area contributed by atoms with Gasteiger partial charge in [0.1, 0.15) is 12.6 Å². The van der Waals surface area contributed by atoms with Gasteiger partial charge >= 0.3 is 0 Å². The number of fused-ring (bicyclic) bond motifs is 1. The molecular weight excluding hydrogens is 268 g/mol. The lowest BCUT2D eigenvalue weighted by Gasteiger charge is -2.07. The summed E-state index contributed by atoms with van der Waals surface area (Å²) in [7, 11) is 0. The van der Waals surface area contributed by atoms with Crippen LogP contribution in [0.25, 0.3) is 16.7 Å². The van der Waals surface area contributed by atoms with Gasteiger partial charge in [-0.15, -0.1) is 0 Å². The topological polar surface area (TPSA) is 75.4 Å². The maximum Gasteiger partial charge on any atom is 0.155 e. The molecule has 0 radical (unpaired) electrons. The van der Waals surface area contributed by atoms with Crippen molar-refractivity contribution in [3.05, 3.63) is 59.9 Å². The Balaban J connectivity index is 1.98. The Bertz CT molecular complexity index is 776. The fourth-order valence-electron chi connectivity index (χ4n) is 2.31. The molecule has 0 amide bonds. The van der Waals surface area contributed by atoms with Gasteiger partial charge in [-0.2, -0.15) is 0 Å². The lowest BCUT2D eigenvalue weighted by Crippen LogP contribution is -2.08. The van der Waals surface area contributed by atoms with Crippen LogP contribution in [0.1, 0.15) is 15.9 Å². The molecule has 21 heavy (non-hydrogen) atoms. The molecule has 0 atom stereocenters. The zero-order valence-corrected chi connectivity index (χ0v) is 11.2. The molecule has 0 fully saturated rings. The molecule has 106 valence electrons. The van der Waals surface area contributed by atoms with Crippen LogP contribution in [0.4, 0.5) is 0 Å². The highest BCUT2D eigenvalue weighted by Crippen LogP contribution is 2.19. The van der Waals surface area contributed by atoms with E-state index in [4.69, 9.17) is 10.2 Å². The largest absolute Gasteiger partial charge is 0.368 e. The maximum atomic E-state index is 10.8. The third kappa shape index (κ3) is 2.69. The van der Waals surface area contributed by atoms with Gasteiger partial charge in [0.25, 0.3) is 0 Å². The predicted octanol–water partition coefficient (Wildman–Crippen LogP) is 1.69. The van der Waals surface area contributed by atoms with E-state index >= 15 is 0 Å². The van der Waals surface area contributed by atoms with E-state index in [0.29, 0.717) is 5.56 Å². The number of aldehydes is 1. The minimum absolute atomic E-state index is 0.202. The van der Waals surface area contributed by atoms with Crippen LogP contribution in [-0.4, -0.2) is 32.3 Å². The molecule has 2 N–H and O–H groups in total. The minimum atomic E-state index is -1.34. The molecule has 0 saturated heterocycles. The molecule has 1 heterocycles. The normalized spacial score (nSPS) is 11.2. The molecule has 0 unspecified atom stereocenters. The van der Waals surface area contributed by atoms with Crippen LogP contribution in [0.2, 0.25) is 0 Å². The van der Waals surface area contributed by atoms with E-state index < -0.39 is 6.29 Å². The van der Waals surface area contributed by atoms with Gasteiger partial charge in [0.05, 0.1) is 11.0 Å². The third-order valence-electron chi connectivity index (χ3n) is 3.34. The van der Waals surface area contributed by atoms with E-state index in [1.807, 2.05) is 34.9 Å². The number of imidazole rings is 1. The first-order valence-electron chi connectivity index (χ1n) is 6.55. The van der Waals surface area contributed by atoms with Gasteiger partial charge in [-0.3, -0.25) is 9.36 Å². The number of aliphatic hydroxyl groups excluding tert-OH is 1. The Morgan fingerprint density at radius 2 is 1.90 bits per heavy atom. The number of benzene rings is 2. The molecule has 5 nitrogen and oxygen atoms in total. The van der Waals surface area contributed by atoms with Crippen LogP contribution in [0.5, 0.6) is 0 Å². The van der Waals surface area contributed by atoms with E-state index in [0.717, 1.165) is 28.6 Å². The van der Waals surface area contributed by atoms with Gasteiger partial charge < -0.3 is 10.2 Å². The number of aliphatic hydroxyl groups is 2. The molecule has 1 aromatic heterocycles. The number of nitrogens with zero attached hydrogens (tertiary/aromatic N) is 2. The van der Waals surface area contributed by atoms with Crippen molar-refractivity contribution in [2.24, 2.45) is 0 Å². The molecule has 0 aliphatic carbocycles. The van der Waals surface area contributed by atoms with Crippen LogP contribution in [0.3, 0.4) is 0 Å². The number of hydrogen-bond acceptors (Lipinski definition) is 4. The number of carbonyl (C=O) groups is 1. The summed E-state index contributed by atoms with van der Waals surface area (Å²) in [5.74, 6) is 0.